The Labute approximate surface area is 146 Å². The first-order valence-corrected chi connectivity index (χ1v) is 7.51. The van der Waals surface area contributed by atoms with Gasteiger partial charge < -0.3 is 10.6 Å². The fraction of sp³-hybridized carbons (Fsp3) is 0. The molecule has 3 rings (SSSR count). The summed E-state index contributed by atoms with van der Waals surface area (Å²) in [6.07, 6.45) is 1.38. The molecule has 1 aromatic heterocycles. The van der Waals surface area contributed by atoms with Crippen LogP contribution in [0, 0.1) is 11.6 Å². The zero-order valence-electron chi connectivity index (χ0n) is 12.6. The van der Waals surface area contributed by atoms with Gasteiger partial charge in [0.05, 0.1) is 5.69 Å². The number of aromatic nitrogens is 2. The summed E-state index contributed by atoms with van der Waals surface area (Å²) in [5, 5.41) is 5.78. The zero-order valence-corrected chi connectivity index (χ0v) is 13.4. The van der Waals surface area contributed by atoms with Gasteiger partial charge in [0.1, 0.15) is 17.3 Å². The maximum Gasteiger partial charge on any atom is 0.274 e. The molecule has 0 fully saturated rings. The molecule has 0 spiro atoms. The highest BCUT2D eigenvalue weighted by Gasteiger charge is 2.12. The van der Waals surface area contributed by atoms with Gasteiger partial charge in [0, 0.05) is 23.0 Å². The Hall–Kier alpha value is -3.06. The second kappa shape index (κ2) is 7.23. The van der Waals surface area contributed by atoms with E-state index in [0.717, 1.165) is 12.1 Å². The number of nitrogens with zero attached hydrogens (tertiary/aromatic N) is 2. The van der Waals surface area contributed by atoms with Gasteiger partial charge in [-0.25, -0.2) is 18.7 Å². The Morgan fingerprint density at radius 3 is 2.68 bits per heavy atom. The molecule has 5 nitrogen and oxygen atoms in total. The highest BCUT2D eigenvalue weighted by atomic mass is 35.5. The minimum Gasteiger partial charge on any atom is -0.324 e. The fourth-order valence-corrected chi connectivity index (χ4v) is 2.21. The monoisotopic (exact) mass is 360 g/mol. The third kappa shape index (κ3) is 4.27. The molecule has 1 amide bonds. The molecule has 2 N–H and O–H groups in total. The fourth-order valence-electron chi connectivity index (χ4n) is 2.02. The maximum atomic E-state index is 13.6. The van der Waals surface area contributed by atoms with Crippen LogP contribution >= 0.6 is 11.6 Å². The van der Waals surface area contributed by atoms with E-state index in [0.29, 0.717) is 16.8 Å². The van der Waals surface area contributed by atoms with Crippen molar-refractivity contribution in [2.45, 2.75) is 0 Å². The quantitative estimate of drug-likeness (QED) is 0.723. The van der Waals surface area contributed by atoms with Crippen LogP contribution in [0.1, 0.15) is 10.5 Å². The Balaban J connectivity index is 1.77. The molecule has 126 valence electrons. The summed E-state index contributed by atoms with van der Waals surface area (Å²) in [6.45, 7) is 0. The zero-order chi connectivity index (χ0) is 17.8. The second-order valence-corrected chi connectivity index (χ2v) is 5.42. The minimum absolute atomic E-state index is 0.0169. The molecule has 0 atom stereocenters. The second-order valence-electron chi connectivity index (χ2n) is 4.98. The predicted octanol–water partition coefficient (Wildman–Crippen LogP) is 4.40. The molecule has 8 heteroatoms. The van der Waals surface area contributed by atoms with Crippen molar-refractivity contribution in [2.75, 3.05) is 10.6 Å². The number of amides is 1. The first-order chi connectivity index (χ1) is 12.0. The molecule has 0 aliphatic carbocycles. The molecule has 0 radical (unpaired) electrons. The van der Waals surface area contributed by atoms with Crippen LogP contribution in [0.15, 0.2) is 54.7 Å². The van der Waals surface area contributed by atoms with E-state index in [2.05, 4.69) is 20.6 Å². The van der Waals surface area contributed by atoms with Gasteiger partial charge in [-0.15, -0.1) is 0 Å². The van der Waals surface area contributed by atoms with E-state index < -0.39 is 17.5 Å². The van der Waals surface area contributed by atoms with Crippen molar-refractivity contribution in [3.63, 3.8) is 0 Å². The highest BCUT2D eigenvalue weighted by molar-refractivity contribution is 6.30. The van der Waals surface area contributed by atoms with Crippen molar-refractivity contribution in [2.24, 2.45) is 0 Å². The molecular weight excluding hydrogens is 350 g/mol. The largest absolute Gasteiger partial charge is 0.324 e. The summed E-state index contributed by atoms with van der Waals surface area (Å²) in [7, 11) is 0. The van der Waals surface area contributed by atoms with Crippen molar-refractivity contribution in [3.8, 4) is 0 Å². The molecular formula is C17H11ClF2N4O. The molecule has 25 heavy (non-hydrogen) atoms. The predicted molar refractivity (Wildman–Crippen MR) is 91.1 cm³/mol. The molecule has 0 aliphatic heterocycles. The lowest BCUT2D eigenvalue weighted by Gasteiger charge is -2.08. The van der Waals surface area contributed by atoms with Gasteiger partial charge >= 0.3 is 0 Å². The van der Waals surface area contributed by atoms with Crippen LogP contribution in [-0.4, -0.2) is 15.9 Å². The Kier molecular flexibility index (Phi) is 4.85. The van der Waals surface area contributed by atoms with Crippen LogP contribution < -0.4 is 10.6 Å². The minimum atomic E-state index is -0.875. The number of benzene rings is 2. The Morgan fingerprint density at radius 1 is 1.08 bits per heavy atom. The van der Waals surface area contributed by atoms with Crippen LogP contribution in [-0.2, 0) is 0 Å². The van der Waals surface area contributed by atoms with E-state index in [4.69, 9.17) is 11.6 Å². The normalized spacial score (nSPS) is 10.4. The number of hydrogen-bond donors (Lipinski definition) is 2. The Morgan fingerprint density at radius 2 is 1.92 bits per heavy atom. The average molecular weight is 361 g/mol. The van der Waals surface area contributed by atoms with E-state index in [1.807, 2.05) is 0 Å². The van der Waals surface area contributed by atoms with Crippen LogP contribution in [0.5, 0.6) is 0 Å². The van der Waals surface area contributed by atoms with Gasteiger partial charge in [-0.1, -0.05) is 17.7 Å². The standard InChI is InChI=1S/C17H11ClF2N4O/c18-10-2-1-3-12(8-10)22-17-21-7-6-15(24-17)16(25)23-14-5-4-11(19)9-13(14)20/h1-9H,(H,23,25)(H,21,22,24). The van der Waals surface area contributed by atoms with E-state index in [1.54, 1.807) is 24.3 Å². The molecule has 0 saturated carbocycles. The third-order valence-electron chi connectivity index (χ3n) is 3.15. The summed E-state index contributed by atoms with van der Waals surface area (Å²) in [5.41, 5.74) is 0.521. The molecule has 0 aliphatic rings. The lowest BCUT2D eigenvalue weighted by atomic mass is 10.3. The topological polar surface area (TPSA) is 66.9 Å². The summed E-state index contributed by atoms with van der Waals surface area (Å²) in [6, 6.07) is 11.1. The molecule has 0 saturated heterocycles. The van der Waals surface area contributed by atoms with Gasteiger partial charge in [-0.2, -0.15) is 0 Å². The number of hydrogen-bond acceptors (Lipinski definition) is 4. The number of rotatable bonds is 4. The summed E-state index contributed by atoms with van der Waals surface area (Å²) >= 11 is 5.90. The average Bonchev–Trinajstić information content (AvgIpc) is 2.57. The third-order valence-corrected chi connectivity index (χ3v) is 3.38. The van der Waals surface area contributed by atoms with Crippen LogP contribution in [0.25, 0.3) is 0 Å². The van der Waals surface area contributed by atoms with Gasteiger partial charge in [-0.05, 0) is 36.4 Å². The van der Waals surface area contributed by atoms with Crippen molar-refractivity contribution in [3.05, 3.63) is 77.1 Å². The smallest absolute Gasteiger partial charge is 0.274 e. The molecule has 3 aromatic rings. The SMILES string of the molecule is O=C(Nc1ccc(F)cc1F)c1ccnc(Nc2cccc(Cl)c2)n1. The van der Waals surface area contributed by atoms with Crippen LogP contribution in [0.3, 0.4) is 0 Å². The van der Waals surface area contributed by atoms with E-state index in [9.17, 15) is 13.6 Å². The van der Waals surface area contributed by atoms with Gasteiger partial charge in [-0.3, -0.25) is 4.79 Å². The van der Waals surface area contributed by atoms with E-state index >= 15 is 0 Å². The van der Waals surface area contributed by atoms with Crippen LogP contribution in [0.4, 0.5) is 26.1 Å². The number of anilines is 3. The lowest BCUT2D eigenvalue weighted by molar-refractivity contribution is 0.102. The Bertz CT molecular complexity index is 936. The molecule has 2 aromatic carbocycles. The van der Waals surface area contributed by atoms with Crippen molar-refractivity contribution in [1.82, 2.24) is 9.97 Å². The number of carbonyl (C=O) groups excluding carboxylic acids is 1. The van der Waals surface area contributed by atoms with E-state index in [-0.39, 0.29) is 17.3 Å². The summed E-state index contributed by atoms with van der Waals surface area (Å²) in [4.78, 5) is 20.3. The summed E-state index contributed by atoms with van der Waals surface area (Å²) < 4.78 is 26.5. The molecule has 1 heterocycles. The van der Waals surface area contributed by atoms with Crippen molar-refractivity contribution < 1.29 is 13.6 Å². The lowest BCUT2D eigenvalue weighted by Crippen LogP contribution is -2.15. The first-order valence-electron chi connectivity index (χ1n) is 7.13. The summed E-state index contributed by atoms with van der Waals surface area (Å²) in [5.74, 6) is -2.08. The maximum absolute atomic E-state index is 13.6. The van der Waals surface area contributed by atoms with Crippen LogP contribution in [0.2, 0.25) is 5.02 Å². The number of carbonyl (C=O) groups is 1. The molecule has 0 bridgehead atoms. The first kappa shape index (κ1) is 16.8. The van der Waals surface area contributed by atoms with E-state index in [1.165, 1.54) is 12.3 Å². The van der Waals surface area contributed by atoms with Crippen molar-refractivity contribution in [1.29, 1.82) is 0 Å². The molecule has 0 unspecified atom stereocenters. The highest BCUT2D eigenvalue weighted by Crippen LogP contribution is 2.19. The number of nitrogens with one attached hydrogen (secondary N) is 2. The van der Waals surface area contributed by atoms with Crippen molar-refractivity contribution >= 4 is 34.8 Å². The number of halogens is 3. The van der Waals surface area contributed by atoms with Gasteiger partial charge in [0.2, 0.25) is 5.95 Å². The van der Waals surface area contributed by atoms with Gasteiger partial charge in [0.25, 0.3) is 5.91 Å². The van der Waals surface area contributed by atoms with Gasteiger partial charge in [0.15, 0.2) is 0 Å².